The number of fused-ring (bicyclic) bond motifs is 1. The topological polar surface area (TPSA) is 109 Å². The molecule has 8 heteroatoms. The molecule has 4 N–H and O–H groups in total. The van der Waals surface area contributed by atoms with Gasteiger partial charge in [0.1, 0.15) is 54.2 Å². The van der Waals surface area contributed by atoms with Crippen molar-refractivity contribution in [1.29, 1.82) is 0 Å². The molecule has 2 aliphatic rings. The normalized spacial score (nSPS) is 29.0. The van der Waals surface area contributed by atoms with Crippen LogP contribution in [0.2, 0.25) is 5.02 Å². The third kappa shape index (κ3) is 5.48. The Morgan fingerprint density at radius 3 is 2.46 bits per heavy atom. The average Bonchev–Trinajstić information content (AvgIpc) is 3.25. The number of halogens is 1. The molecule has 0 aromatic heterocycles. The third-order valence-electron chi connectivity index (χ3n) is 7.05. The summed E-state index contributed by atoms with van der Waals surface area (Å²) in [6.07, 6.45) is -4.74. The summed E-state index contributed by atoms with van der Waals surface area (Å²) in [5.74, 6) is 1.65. The highest BCUT2D eigenvalue weighted by atomic mass is 35.5. The molecule has 0 unspecified atom stereocenters. The molecule has 2 heterocycles. The van der Waals surface area contributed by atoms with Gasteiger partial charge in [-0.25, -0.2) is 0 Å². The predicted octanol–water partition coefficient (Wildman–Crippen LogP) is 3.22. The van der Waals surface area contributed by atoms with Gasteiger partial charge in [-0.3, -0.25) is 0 Å². The molecule has 3 aromatic rings. The van der Waals surface area contributed by atoms with E-state index in [1.54, 1.807) is 12.1 Å². The molecule has 6 atom stereocenters. The van der Waals surface area contributed by atoms with Gasteiger partial charge in [-0.2, -0.15) is 0 Å². The first kappa shape index (κ1) is 26.0. The average molecular weight is 527 g/mol. The third-order valence-corrected chi connectivity index (χ3v) is 7.41. The van der Waals surface area contributed by atoms with Crippen LogP contribution in [0.1, 0.15) is 35.3 Å². The molecular formula is C29H31ClO7. The fraction of sp³-hybridized carbons (Fsp3) is 0.379. The second kappa shape index (κ2) is 10.6. The van der Waals surface area contributed by atoms with Gasteiger partial charge in [0.05, 0.1) is 6.61 Å². The number of hydrogen-bond acceptors (Lipinski definition) is 7. The minimum absolute atomic E-state index is 0.416. The van der Waals surface area contributed by atoms with Gasteiger partial charge in [0.25, 0.3) is 0 Å². The molecule has 7 nitrogen and oxygen atoms in total. The Balaban J connectivity index is 1.24. The highest BCUT2D eigenvalue weighted by Gasteiger charge is 2.44. The first-order valence-corrected chi connectivity index (χ1v) is 12.7. The van der Waals surface area contributed by atoms with Crippen LogP contribution < -0.4 is 9.47 Å². The van der Waals surface area contributed by atoms with Gasteiger partial charge in [0, 0.05) is 11.4 Å². The molecule has 0 bridgehead atoms. The van der Waals surface area contributed by atoms with Crippen LogP contribution in [0.5, 0.6) is 11.5 Å². The van der Waals surface area contributed by atoms with Crippen LogP contribution in [0, 0.1) is 0 Å². The lowest BCUT2D eigenvalue weighted by atomic mass is 9.90. The van der Waals surface area contributed by atoms with Crippen molar-refractivity contribution < 1.29 is 34.6 Å². The van der Waals surface area contributed by atoms with Crippen molar-refractivity contribution >= 4 is 11.6 Å². The monoisotopic (exact) mass is 526 g/mol. The zero-order valence-electron chi connectivity index (χ0n) is 20.5. The Bertz CT molecular complexity index is 1200. The molecule has 5 rings (SSSR count). The SMILES string of the molecule is C[C@]1(COc2ccc(Cc3cc([C@@H]4O[C@H](CO)[C@@H](O)[C@H](O)[C@H]4O)ccc3Cl)cc2)Cc2ccccc2O1. The summed E-state index contributed by atoms with van der Waals surface area (Å²) >= 11 is 6.47. The van der Waals surface area contributed by atoms with Crippen molar-refractivity contribution in [2.45, 2.75) is 55.9 Å². The predicted molar refractivity (Wildman–Crippen MR) is 138 cm³/mol. The van der Waals surface area contributed by atoms with Gasteiger partial charge in [-0.15, -0.1) is 0 Å². The molecule has 0 spiro atoms. The summed E-state index contributed by atoms with van der Waals surface area (Å²) in [6, 6.07) is 21.0. The Morgan fingerprint density at radius 1 is 0.973 bits per heavy atom. The molecule has 1 saturated heterocycles. The summed E-state index contributed by atoms with van der Waals surface area (Å²) in [6.45, 7) is 1.99. The second-order valence-corrected chi connectivity index (χ2v) is 10.5. The van der Waals surface area contributed by atoms with E-state index in [1.807, 2.05) is 55.5 Å². The zero-order chi connectivity index (χ0) is 26.2. The maximum atomic E-state index is 10.5. The quantitative estimate of drug-likeness (QED) is 0.374. The fourth-order valence-electron chi connectivity index (χ4n) is 4.98. The summed E-state index contributed by atoms with van der Waals surface area (Å²) < 4.78 is 17.9. The van der Waals surface area contributed by atoms with Gasteiger partial charge >= 0.3 is 0 Å². The van der Waals surface area contributed by atoms with Crippen LogP contribution in [0.3, 0.4) is 0 Å². The zero-order valence-corrected chi connectivity index (χ0v) is 21.2. The van der Waals surface area contributed by atoms with Crippen LogP contribution in [0.25, 0.3) is 0 Å². The lowest BCUT2D eigenvalue weighted by molar-refractivity contribution is -0.231. The highest BCUT2D eigenvalue weighted by Crippen LogP contribution is 2.36. The number of para-hydroxylation sites is 1. The van der Waals surface area contributed by atoms with Crippen molar-refractivity contribution in [3.8, 4) is 11.5 Å². The minimum atomic E-state index is -1.44. The molecule has 0 radical (unpaired) electrons. The number of hydrogen-bond donors (Lipinski definition) is 4. The number of aliphatic hydroxyl groups is 4. The Kier molecular flexibility index (Phi) is 7.45. The lowest BCUT2D eigenvalue weighted by Gasteiger charge is -2.40. The molecule has 3 aromatic carbocycles. The van der Waals surface area contributed by atoms with Crippen molar-refractivity contribution in [2.24, 2.45) is 0 Å². The van der Waals surface area contributed by atoms with Gasteiger partial charge in [0.15, 0.2) is 0 Å². The Hall–Kier alpha value is -2.65. The number of ether oxygens (including phenoxy) is 3. The first-order valence-electron chi connectivity index (χ1n) is 12.3. The lowest BCUT2D eigenvalue weighted by Crippen LogP contribution is -2.55. The van der Waals surface area contributed by atoms with Crippen LogP contribution in [0.15, 0.2) is 66.7 Å². The van der Waals surface area contributed by atoms with Gasteiger partial charge in [-0.1, -0.05) is 54.1 Å². The van der Waals surface area contributed by atoms with Crippen LogP contribution in [-0.2, 0) is 17.6 Å². The minimum Gasteiger partial charge on any atom is -0.489 e. The van der Waals surface area contributed by atoms with Gasteiger partial charge in [0.2, 0.25) is 0 Å². The Labute approximate surface area is 220 Å². The molecule has 0 amide bonds. The van der Waals surface area contributed by atoms with Crippen molar-refractivity contribution in [3.63, 3.8) is 0 Å². The van der Waals surface area contributed by atoms with E-state index < -0.39 is 42.7 Å². The summed E-state index contributed by atoms with van der Waals surface area (Å²) in [4.78, 5) is 0. The van der Waals surface area contributed by atoms with E-state index in [4.69, 9.17) is 25.8 Å². The molecule has 37 heavy (non-hydrogen) atoms. The molecule has 2 aliphatic heterocycles. The maximum Gasteiger partial charge on any atom is 0.144 e. The highest BCUT2D eigenvalue weighted by molar-refractivity contribution is 6.31. The van der Waals surface area contributed by atoms with E-state index in [2.05, 4.69) is 6.07 Å². The van der Waals surface area contributed by atoms with E-state index >= 15 is 0 Å². The number of rotatable bonds is 7. The smallest absolute Gasteiger partial charge is 0.144 e. The largest absolute Gasteiger partial charge is 0.489 e. The first-order chi connectivity index (χ1) is 17.8. The van der Waals surface area contributed by atoms with E-state index in [0.717, 1.165) is 29.0 Å². The molecule has 0 aliphatic carbocycles. The summed E-state index contributed by atoms with van der Waals surface area (Å²) in [5.41, 5.74) is 3.19. The van der Waals surface area contributed by atoms with Crippen molar-refractivity contribution in [1.82, 2.24) is 0 Å². The van der Waals surface area contributed by atoms with E-state index in [0.29, 0.717) is 23.6 Å². The fourth-order valence-corrected chi connectivity index (χ4v) is 5.16. The summed E-state index contributed by atoms with van der Waals surface area (Å²) in [7, 11) is 0. The second-order valence-electron chi connectivity index (χ2n) is 10.0. The molecular weight excluding hydrogens is 496 g/mol. The Morgan fingerprint density at radius 2 is 1.73 bits per heavy atom. The van der Waals surface area contributed by atoms with Crippen LogP contribution in [0.4, 0.5) is 0 Å². The van der Waals surface area contributed by atoms with E-state index in [9.17, 15) is 20.4 Å². The van der Waals surface area contributed by atoms with Crippen molar-refractivity contribution in [2.75, 3.05) is 13.2 Å². The standard InChI is InChI=1S/C29H31ClO7/c1-29(14-19-4-2-3-5-23(19)37-29)16-35-21-9-6-17(7-10-21)12-20-13-18(8-11-22(20)30)28-27(34)26(33)25(32)24(15-31)36-28/h2-11,13,24-28,31-34H,12,14-16H2,1H3/t24-,25-,26+,27-,28+,29-/m1/s1. The summed E-state index contributed by atoms with van der Waals surface area (Å²) in [5, 5.41) is 40.7. The number of benzene rings is 3. The molecule has 1 fully saturated rings. The van der Waals surface area contributed by atoms with Crippen LogP contribution in [-0.4, -0.2) is 63.7 Å². The van der Waals surface area contributed by atoms with Crippen LogP contribution >= 0.6 is 11.6 Å². The van der Waals surface area contributed by atoms with E-state index in [1.165, 1.54) is 5.56 Å². The molecule has 0 saturated carbocycles. The maximum absolute atomic E-state index is 10.5. The van der Waals surface area contributed by atoms with Gasteiger partial charge < -0.3 is 34.6 Å². The van der Waals surface area contributed by atoms with Crippen molar-refractivity contribution in [3.05, 3.63) is 94.0 Å². The molecule has 196 valence electrons. The number of aliphatic hydroxyl groups excluding tert-OH is 4. The van der Waals surface area contributed by atoms with E-state index in [-0.39, 0.29) is 0 Å². The van der Waals surface area contributed by atoms with Gasteiger partial charge in [-0.05, 0) is 59.9 Å².